The van der Waals surface area contributed by atoms with E-state index < -0.39 is 6.04 Å². The second-order valence-corrected chi connectivity index (χ2v) is 5.47. The summed E-state index contributed by atoms with van der Waals surface area (Å²) in [7, 11) is 0. The number of nitrogens with zero attached hydrogens (tertiary/aromatic N) is 2. The summed E-state index contributed by atoms with van der Waals surface area (Å²) < 4.78 is 5.97. The molecule has 0 aliphatic carbocycles. The summed E-state index contributed by atoms with van der Waals surface area (Å²) in [6, 6.07) is 16.1. The van der Waals surface area contributed by atoms with Gasteiger partial charge in [-0.3, -0.25) is 0 Å². The third-order valence-electron chi connectivity index (χ3n) is 4.02. The van der Waals surface area contributed by atoms with Gasteiger partial charge in [0, 0.05) is 5.56 Å². The first kappa shape index (κ1) is 16.7. The lowest BCUT2D eigenvalue weighted by Gasteiger charge is -2.17. The van der Waals surface area contributed by atoms with Crippen LogP contribution in [0.5, 0.6) is 5.75 Å². The second kappa shape index (κ2) is 8.09. The highest BCUT2D eigenvalue weighted by Gasteiger charge is 2.16. The number of hydrogen-bond donors (Lipinski definition) is 0. The number of nitroso groups, excluding NO2 is 1. The quantitative estimate of drug-likeness (QED) is 0.668. The Balaban J connectivity index is 2.23. The van der Waals surface area contributed by atoms with Crippen LogP contribution in [-0.4, -0.2) is 0 Å². The zero-order chi connectivity index (χ0) is 16.7. The number of hydrogen-bond acceptors (Lipinski definition) is 4. The van der Waals surface area contributed by atoms with E-state index in [9.17, 15) is 4.91 Å². The number of ether oxygens (including phenoxy) is 1. The minimum atomic E-state index is -1.00. The van der Waals surface area contributed by atoms with Crippen LogP contribution in [0.1, 0.15) is 48.9 Å². The minimum Gasteiger partial charge on any atom is -0.489 e. The second-order valence-electron chi connectivity index (χ2n) is 5.47. The van der Waals surface area contributed by atoms with E-state index in [0.29, 0.717) is 18.1 Å². The summed E-state index contributed by atoms with van der Waals surface area (Å²) >= 11 is 0. The van der Waals surface area contributed by atoms with Gasteiger partial charge in [0.15, 0.2) is 0 Å². The Morgan fingerprint density at radius 1 is 1.13 bits per heavy atom. The van der Waals surface area contributed by atoms with Crippen molar-refractivity contribution in [2.75, 3.05) is 0 Å². The van der Waals surface area contributed by atoms with Crippen molar-refractivity contribution in [1.29, 1.82) is 5.26 Å². The van der Waals surface area contributed by atoms with Gasteiger partial charge < -0.3 is 4.74 Å². The van der Waals surface area contributed by atoms with Crippen LogP contribution in [0.3, 0.4) is 0 Å². The Bertz CT molecular complexity index is 707. The number of nitriles is 1. The van der Waals surface area contributed by atoms with Crippen LogP contribution in [-0.2, 0) is 6.61 Å². The molecule has 0 aliphatic heterocycles. The molecule has 0 saturated heterocycles. The first-order valence-electron chi connectivity index (χ1n) is 7.72. The molecule has 0 aliphatic rings. The van der Waals surface area contributed by atoms with E-state index in [1.165, 1.54) is 0 Å². The predicted molar refractivity (Wildman–Crippen MR) is 90.1 cm³/mol. The van der Waals surface area contributed by atoms with E-state index >= 15 is 0 Å². The molecule has 2 aromatic carbocycles. The Labute approximate surface area is 136 Å². The average molecular weight is 308 g/mol. The van der Waals surface area contributed by atoms with E-state index in [2.05, 4.69) is 25.1 Å². The van der Waals surface area contributed by atoms with Gasteiger partial charge in [-0.25, -0.2) is 0 Å². The van der Waals surface area contributed by atoms with E-state index in [4.69, 9.17) is 10.00 Å². The van der Waals surface area contributed by atoms with Crippen molar-refractivity contribution in [3.63, 3.8) is 0 Å². The highest BCUT2D eigenvalue weighted by molar-refractivity contribution is 5.37. The van der Waals surface area contributed by atoms with Gasteiger partial charge in [-0.15, -0.1) is 4.91 Å². The Hall–Kier alpha value is -2.67. The van der Waals surface area contributed by atoms with Crippen LogP contribution < -0.4 is 4.74 Å². The maximum Gasteiger partial charge on any atom is 0.203 e. The van der Waals surface area contributed by atoms with Gasteiger partial charge in [0.05, 0.1) is 6.07 Å². The fourth-order valence-corrected chi connectivity index (χ4v) is 2.48. The number of para-hydroxylation sites is 1. The molecule has 0 saturated carbocycles. The summed E-state index contributed by atoms with van der Waals surface area (Å²) in [5, 5.41) is 11.9. The van der Waals surface area contributed by atoms with Crippen LogP contribution >= 0.6 is 0 Å². The Morgan fingerprint density at radius 2 is 1.78 bits per heavy atom. The molecule has 0 radical (unpaired) electrons. The Morgan fingerprint density at radius 3 is 2.43 bits per heavy atom. The fraction of sp³-hybridized carbons (Fsp3) is 0.316. The molecule has 2 atom stereocenters. The molecule has 0 bridgehead atoms. The zero-order valence-corrected chi connectivity index (χ0v) is 13.4. The van der Waals surface area contributed by atoms with Crippen molar-refractivity contribution in [2.45, 2.75) is 38.8 Å². The molecule has 0 heterocycles. The Kier molecular flexibility index (Phi) is 5.87. The lowest BCUT2D eigenvalue weighted by atomic mass is 9.97. The number of benzene rings is 2. The van der Waals surface area contributed by atoms with E-state index in [0.717, 1.165) is 23.3 Å². The fourth-order valence-electron chi connectivity index (χ4n) is 2.48. The summed E-state index contributed by atoms with van der Waals surface area (Å²) in [6.07, 6.45) is 1.03. The highest BCUT2D eigenvalue weighted by atomic mass is 16.5. The van der Waals surface area contributed by atoms with Crippen molar-refractivity contribution in [2.24, 2.45) is 5.18 Å². The third kappa shape index (κ3) is 3.95. The summed E-state index contributed by atoms with van der Waals surface area (Å²) in [4.78, 5) is 10.8. The third-order valence-corrected chi connectivity index (χ3v) is 4.02. The van der Waals surface area contributed by atoms with E-state index in [1.54, 1.807) is 12.1 Å². The van der Waals surface area contributed by atoms with Crippen LogP contribution in [0.2, 0.25) is 0 Å². The van der Waals surface area contributed by atoms with Crippen LogP contribution in [0, 0.1) is 16.2 Å². The zero-order valence-electron chi connectivity index (χ0n) is 13.4. The van der Waals surface area contributed by atoms with Crippen molar-refractivity contribution in [3.8, 4) is 11.8 Å². The molecule has 0 fully saturated rings. The lowest BCUT2D eigenvalue weighted by molar-refractivity contribution is 0.299. The molecule has 0 aromatic heterocycles. The van der Waals surface area contributed by atoms with Crippen molar-refractivity contribution < 1.29 is 4.74 Å². The topological polar surface area (TPSA) is 62.4 Å². The van der Waals surface area contributed by atoms with Crippen LogP contribution in [0.25, 0.3) is 0 Å². The van der Waals surface area contributed by atoms with Gasteiger partial charge in [-0.1, -0.05) is 56.3 Å². The molecular weight excluding hydrogens is 288 g/mol. The molecule has 118 valence electrons. The SMILES string of the molecule is CCC(C)c1ccccc1OCc1ccccc1C(C#N)N=O. The molecule has 2 aromatic rings. The molecule has 4 heteroatoms. The summed E-state index contributed by atoms with van der Waals surface area (Å²) in [5.74, 6) is 1.24. The van der Waals surface area contributed by atoms with Gasteiger partial charge in [-0.2, -0.15) is 5.26 Å². The highest BCUT2D eigenvalue weighted by Crippen LogP contribution is 2.30. The molecule has 0 amide bonds. The summed E-state index contributed by atoms with van der Waals surface area (Å²) in [5.41, 5.74) is 2.57. The van der Waals surface area contributed by atoms with Gasteiger partial charge in [0.1, 0.15) is 12.4 Å². The van der Waals surface area contributed by atoms with Crippen molar-refractivity contribution >= 4 is 0 Å². The molecule has 2 unspecified atom stereocenters. The van der Waals surface area contributed by atoms with E-state index in [1.807, 2.05) is 36.4 Å². The minimum absolute atomic E-state index is 0.303. The van der Waals surface area contributed by atoms with Gasteiger partial charge >= 0.3 is 0 Å². The predicted octanol–water partition coefficient (Wildman–Crippen LogP) is 5.11. The average Bonchev–Trinajstić information content (AvgIpc) is 2.61. The van der Waals surface area contributed by atoms with Crippen molar-refractivity contribution in [3.05, 3.63) is 70.1 Å². The smallest absolute Gasteiger partial charge is 0.203 e. The standard InChI is InChI=1S/C19H20N2O2/c1-3-14(2)16-9-6-7-11-19(16)23-13-15-8-4-5-10-17(15)18(12-20)21-22/h4-11,14,18H,3,13H2,1-2H3. The number of rotatable bonds is 7. The van der Waals surface area contributed by atoms with Crippen LogP contribution in [0.4, 0.5) is 0 Å². The monoisotopic (exact) mass is 308 g/mol. The van der Waals surface area contributed by atoms with Gasteiger partial charge in [0.25, 0.3) is 0 Å². The molecule has 23 heavy (non-hydrogen) atoms. The summed E-state index contributed by atoms with van der Waals surface area (Å²) in [6.45, 7) is 4.61. The first-order valence-corrected chi connectivity index (χ1v) is 7.72. The molecule has 2 rings (SSSR count). The largest absolute Gasteiger partial charge is 0.489 e. The molecule has 0 spiro atoms. The van der Waals surface area contributed by atoms with Crippen LogP contribution in [0.15, 0.2) is 53.7 Å². The maximum atomic E-state index is 10.8. The van der Waals surface area contributed by atoms with Gasteiger partial charge in [0.2, 0.25) is 6.04 Å². The molecule has 4 nitrogen and oxygen atoms in total. The normalized spacial score (nSPS) is 12.9. The molecule has 0 N–H and O–H groups in total. The van der Waals surface area contributed by atoms with Gasteiger partial charge in [-0.05, 0) is 34.7 Å². The molecular formula is C19H20N2O2. The van der Waals surface area contributed by atoms with Crippen molar-refractivity contribution in [1.82, 2.24) is 0 Å². The lowest BCUT2D eigenvalue weighted by Crippen LogP contribution is -2.04. The van der Waals surface area contributed by atoms with E-state index in [-0.39, 0.29) is 0 Å². The maximum absolute atomic E-state index is 10.8. The first-order chi connectivity index (χ1) is 11.2.